The summed E-state index contributed by atoms with van der Waals surface area (Å²) in [5, 5.41) is 14.1. The molecule has 1 N–H and O–H groups in total. The summed E-state index contributed by atoms with van der Waals surface area (Å²) in [6.07, 6.45) is 3.36. The van der Waals surface area contributed by atoms with Crippen molar-refractivity contribution in [1.82, 2.24) is 14.6 Å². The Kier molecular flexibility index (Phi) is 1.58. The van der Waals surface area contributed by atoms with Crippen molar-refractivity contribution in [2.24, 2.45) is 5.92 Å². The number of hydrogen-bond donors (Lipinski definition) is 1. The Morgan fingerprint density at radius 1 is 1.43 bits per heavy atom. The van der Waals surface area contributed by atoms with E-state index in [1.165, 1.54) is 6.33 Å². The number of nitrogens with zero attached hydrogens (tertiary/aromatic N) is 3. The summed E-state index contributed by atoms with van der Waals surface area (Å²) < 4.78 is 1.71. The van der Waals surface area contributed by atoms with Gasteiger partial charge in [0.25, 0.3) is 0 Å². The molecule has 0 amide bonds. The lowest BCUT2D eigenvalue weighted by Crippen LogP contribution is -2.06. The Hall–Kier alpha value is -1.42. The van der Waals surface area contributed by atoms with Gasteiger partial charge in [-0.15, -0.1) is 0 Å². The van der Waals surface area contributed by atoms with Crippen LogP contribution in [0, 0.1) is 5.92 Å². The van der Waals surface area contributed by atoms with Crippen molar-refractivity contribution < 1.29 is 5.11 Å². The van der Waals surface area contributed by atoms with Crippen LogP contribution in [0.4, 0.5) is 0 Å². The molecule has 14 heavy (non-hydrogen) atoms. The molecule has 1 aliphatic rings. The summed E-state index contributed by atoms with van der Waals surface area (Å²) in [7, 11) is 0. The Morgan fingerprint density at radius 3 is 3.07 bits per heavy atom. The number of aromatic nitrogens is 3. The number of aliphatic hydroxyl groups excluding tert-OH is 1. The minimum atomic E-state index is -0.389. The third-order valence-corrected chi connectivity index (χ3v) is 2.70. The maximum Gasteiger partial charge on any atom is 0.155 e. The van der Waals surface area contributed by atoms with Crippen molar-refractivity contribution in [3.05, 3.63) is 30.2 Å². The molecule has 72 valence electrons. The van der Waals surface area contributed by atoms with Gasteiger partial charge < -0.3 is 5.11 Å². The molecule has 2 heterocycles. The summed E-state index contributed by atoms with van der Waals surface area (Å²) in [5.41, 5.74) is 1.64. The Bertz CT molecular complexity index is 461. The van der Waals surface area contributed by atoms with Gasteiger partial charge in [-0.2, -0.15) is 5.10 Å². The molecule has 0 bridgehead atoms. The molecule has 4 heteroatoms. The average Bonchev–Trinajstić information content (AvgIpc) is 2.94. The van der Waals surface area contributed by atoms with Crippen LogP contribution in [0.2, 0.25) is 0 Å². The monoisotopic (exact) mass is 189 g/mol. The van der Waals surface area contributed by atoms with Crippen LogP contribution in [0.1, 0.15) is 24.6 Å². The first-order chi connectivity index (χ1) is 6.86. The van der Waals surface area contributed by atoms with Gasteiger partial charge in [0, 0.05) is 0 Å². The molecular formula is C10H11N3O. The van der Waals surface area contributed by atoms with Gasteiger partial charge in [0.2, 0.25) is 0 Å². The second-order valence-electron chi connectivity index (χ2n) is 3.76. The van der Waals surface area contributed by atoms with Crippen LogP contribution >= 0.6 is 0 Å². The van der Waals surface area contributed by atoms with Crippen molar-refractivity contribution in [2.45, 2.75) is 18.9 Å². The molecule has 0 saturated heterocycles. The molecular weight excluding hydrogens is 178 g/mol. The third kappa shape index (κ3) is 1.11. The van der Waals surface area contributed by atoms with E-state index in [1.54, 1.807) is 4.52 Å². The van der Waals surface area contributed by atoms with Crippen LogP contribution in [0.5, 0.6) is 0 Å². The smallest absolute Gasteiger partial charge is 0.155 e. The SMILES string of the molecule is OC(c1cccc2ncnn12)C1CC1. The fourth-order valence-corrected chi connectivity index (χ4v) is 1.74. The van der Waals surface area contributed by atoms with E-state index >= 15 is 0 Å². The number of fused-ring (bicyclic) bond motifs is 1. The van der Waals surface area contributed by atoms with Gasteiger partial charge in [0.15, 0.2) is 5.65 Å². The Morgan fingerprint density at radius 2 is 2.29 bits per heavy atom. The molecule has 0 aliphatic heterocycles. The molecule has 1 atom stereocenters. The van der Waals surface area contributed by atoms with Gasteiger partial charge in [-0.1, -0.05) is 6.07 Å². The van der Waals surface area contributed by atoms with E-state index in [9.17, 15) is 5.11 Å². The second-order valence-corrected chi connectivity index (χ2v) is 3.76. The van der Waals surface area contributed by atoms with Crippen molar-refractivity contribution in [2.75, 3.05) is 0 Å². The van der Waals surface area contributed by atoms with Crippen LogP contribution in [0.25, 0.3) is 5.65 Å². The second kappa shape index (κ2) is 2.78. The largest absolute Gasteiger partial charge is 0.387 e. The minimum Gasteiger partial charge on any atom is -0.387 e. The predicted molar refractivity (Wildman–Crippen MR) is 50.7 cm³/mol. The lowest BCUT2D eigenvalue weighted by molar-refractivity contribution is 0.146. The van der Waals surface area contributed by atoms with E-state index in [0.29, 0.717) is 5.92 Å². The normalized spacial score (nSPS) is 18.6. The van der Waals surface area contributed by atoms with Crippen LogP contribution in [-0.2, 0) is 0 Å². The van der Waals surface area contributed by atoms with Gasteiger partial charge in [-0.05, 0) is 30.9 Å². The topological polar surface area (TPSA) is 50.4 Å². The molecule has 0 spiro atoms. The van der Waals surface area contributed by atoms with E-state index in [4.69, 9.17) is 0 Å². The highest BCUT2D eigenvalue weighted by molar-refractivity contribution is 5.38. The third-order valence-electron chi connectivity index (χ3n) is 2.70. The molecule has 1 saturated carbocycles. The molecule has 2 aromatic heterocycles. The van der Waals surface area contributed by atoms with Crippen LogP contribution in [0.3, 0.4) is 0 Å². The number of aliphatic hydroxyl groups is 1. The Labute approximate surface area is 81.2 Å². The standard InChI is InChI=1S/C10H11N3O/c14-10(7-4-5-7)8-2-1-3-9-11-6-12-13(8)9/h1-3,6-7,10,14H,4-5H2. The lowest BCUT2D eigenvalue weighted by Gasteiger charge is -2.10. The van der Waals surface area contributed by atoms with Gasteiger partial charge in [0.05, 0.1) is 11.8 Å². The van der Waals surface area contributed by atoms with Crippen molar-refractivity contribution in [3.8, 4) is 0 Å². The average molecular weight is 189 g/mol. The maximum absolute atomic E-state index is 9.99. The highest BCUT2D eigenvalue weighted by atomic mass is 16.3. The van der Waals surface area contributed by atoms with E-state index in [2.05, 4.69) is 10.1 Å². The zero-order valence-electron chi connectivity index (χ0n) is 7.67. The minimum absolute atomic E-state index is 0.389. The molecule has 1 aliphatic carbocycles. The van der Waals surface area contributed by atoms with Crippen LogP contribution < -0.4 is 0 Å². The van der Waals surface area contributed by atoms with E-state index < -0.39 is 0 Å². The summed E-state index contributed by atoms with van der Waals surface area (Å²) in [6.45, 7) is 0. The highest BCUT2D eigenvalue weighted by Gasteiger charge is 2.32. The molecule has 3 rings (SSSR count). The van der Waals surface area contributed by atoms with Gasteiger partial charge in [-0.25, -0.2) is 9.50 Å². The maximum atomic E-state index is 9.99. The molecule has 2 aromatic rings. The van der Waals surface area contributed by atoms with Crippen molar-refractivity contribution >= 4 is 5.65 Å². The molecule has 4 nitrogen and oxygen atoms in total. The number of rotatable bonds is 2. The molecule has 1 unspecified atom stereocenters. The van der Waals surface area contributed by atoms with E-state index in [0.717, 1.165) is 24.2 Å². The summed E-state index contributed by atoms with van der Waals surface area (Å²) in [6, 6.07) is 5.70. The first-order valence-corrected chi connectivity index (χ1v) is 4.83. The molecule has 0 radical (unpaired) electrons. The predicted octanol–water partition coefficient (Wildman–Crippen LogP) is 1.17. The zero-order valence-corrected chi connectivity index (χ0v) is 7.67. The quantitative estimate of drug-likeness (QED) is 0.771. The lowest BCUT2D eigenvalue weighted by atomic mass is 10.1. The fraction of sp³-hybridized carbons (Fsp3) is 0.400. The first kappa shape index (κ1) is 7.94. The van der Waals surface area contributed by atoms with Crippen LogP contribution in [-0.4, -0.2) is 19.7 Å². The van der Waals surface area contributed by atoms with Crippen LogP contribution in [0.15, 0.2) is 24.5 Å². The van der Waals surface area contributed by atoms with Gasteiger partial charge in [0.1, 0.15) is 6.33 Å². The molecule has 0 aromatic carbocycles. The highest BCUT2D eigenvalue weighted by Crippen LogP contribution is 2.40. The van der Waals surface area contributed by atoms with Gasteiger partial charge in [-0.3, -0.25) is 0 Å². The van der Waals surface area contributed by atoms with Crippen molar-refractivity contribution in [1.29, 1.82) is 0 Å². The van der Waals surface area contributed by atoms with E-state index in [-0.39, 0.29) is 6.10 Å². The van der Waals surface area contributed by atoms with E-state index in [1.807, 2.05) is 18.2 Å². The Balaban J connectivity index is 2.14. The summed E-state index contributed by atoms with van der Waals surface area (Å²) in [5.74, 6) is 0.421. The van der Waals surface area contributed by atoms with Gasteiger partial charge >= 0.3 is 0 Å². The zero-order chi connectivity index (χ0) is 9.54. The molecule has 1 fully saturated rings. The summed E-state index contributed by atoms with van der Waals surface area (Å²) in [4.78, 5) is 4.08. The summed E-state index contributed by atoms with van der Waals surface area (Å²) >= 11 is 0. The van der Waals surface area contributed by atoms with Crippen molar-refractivity contribution in [3.63, 3.8) is 0 Å². The first-order valence-electron chi connectivity index (χ1n) is 4.83. The number of pyridine rings is 1. The fourth-order valence-electron chi connectivity index (χ4n) is 1.74. The number of hydrogen-bond acceptors (Lipinski definition) is 3.